The topological polar surface area (TPSA) is 82.1 Å². The van der Waals surface area contributed by atoms with Crippen LogP contribution < -0.4 is 0 Å². The molecule has 6 heteroatoms. The quantitative estimate of drug-likeness (QED) is 0.787. The van der Waals surface area contributed by atoms with E-state index in [4.69, 9.17) is 0 Å². The maximum Gasteiger partial charge on any atom is 0.293 e. The fraction of sp³-hybridized carbons (Fsp3) is 0.727. The van der Waals surface area contributed by atoms with Crippen molar-refractivity contribution < 1.29 is 9.90 Å². The normalized spacial score (nSPS) is 17.8. The number of aliphatic hydroxyl groups is 1. The molecule has 0 unspecified atom stereocenters. The van der Waals surface area contributed by atoms with Crippen molar-refractivity contribution in [3.8, 4) is 0 Å². The third kappa shape index (κ3) is 2.63. The highest BCUT2D eigenvalue weighted by molar-refractivity contribution is 5.90. The molecule has 0 bridgehead atoms. The highest BCUT2D eigenvalue weighted by Gasteiger charge is 2.25. The number of nitrogens with one attached hydrogen (secondary N) is 1. The van der Waals surface area contributed by atoms with Gasteiger partial charge in [-0.1, -0.05) is 13.8 Å². The summed E-state index contributed by atoms with van der Waals surface area (Å²) in [6.07, 6.45) is 0.984. The molecule has 1 amide bonds. The van der Waals surface area contributed by atoms with E-state index in [0.29, 0.717) is 25.9 Å². The number of amides is 1. The lowest BCUT2D eigenvalue weighted by atomic mass is 10.1. The Labute approximate surface area is 100 Å². The van der Waals surface area contributed by atoms with E-state index >= 15 is 0 Å². The minimum Gasteiger partial charge on any atom is -0.393 e. The third-order valence-corrected chi connectivity index (χ3v) is 2.99. The number of hydrogen-bond donors (Lipinski definition) is 2. The molecule has 17 heavy (non-hydrogen) atoms. The number of carbonyl (C=O) groups excluding carboxylic acids is 1. The smallest absolute Gasteiger partial charge is 0.293 e. The minimum absolute atomic E-state index is 0.153. The number of nitrogens with zero attached hydrogens (tertiary/aromatic N) is 3. The fourth-order valence-corrected chi connectivity index (χ4v) is 1.84. The molecule has 2 N–H and O–H groups in total. The van der Waals surface area contributed by atoms with Crippen LogP contribution >= 0.6 is 0 Å². The van der Waals surface area contributed by atoms with Crippen LogP contribution in [0.1, 0.15) is 49.1 Å². The Bertz CT molecular complexity index is 394. The number of rotatable bonds is 2. The van der Waals surface area contributed by atoms with Gasteiger partial charge in [0.05, 0.1) is 6.10 Å². The van der Waals surface area contributed by atoms with Crippen molar-refractivity contribution in [2.75, 3.05) is 13.1 Å². The zero-order valence-corrected chi connectivity index (χ0v) is 10.2. The van der Waals surface area contributed by atoms with Crippen molar-refractivity contribution >= 4 is 5.91 Å². The Kier molecular flexibility index (Phi) is 3.42. The average Bonchev–Trinajstić information content (AvgIpc) is 2.78. The van der Waals surface area contributed by atoms with E-state index in [-0.39, 0.29) is 23.8 Å². The average molecular weight is 238 g/mol. The summed E-state index contributed by atoms with van der Waals surface area (Å²) in [6.45, 7) is 5.13. The Morgan fingerprint density at radius 1 is 1.47 bits per heavy atom. The van der Waals surface area contributed by atoms with E-state index in [1.54, 1.807) is 4.90 Å². The molecule has 1 aromatic heterocycles. The van der Waals surface area contributed by atoms with Crippen molar-refractivity contribution in [3.05, 3.63) is 11.6 Å². The van der Waals surface area contributed by atoms with Crippen LogP contribution in [0, 0.1) is 0 Å². The summed E-state index contributed by atoms with van der Waals surface area (Å²) < 4.78 is 0. The number of H-pyrrole nitrogens is 1. The molecular formula is C11H18N4O2. The van der Waals surface area contributed by atoms with Gasteiger partial charge in [0.15, 0.2) is 0 Å². The Morgan fingerprint density at radius 2 is 2.12 bits per heavy atom. The third-order valence-electron chi connectivity index (χ3n) is 2.99. The zero-order chi connectivity index (χ0) is 12.4. The van der Waals surface area contributed by atoms with Crippen LogP contribution in [0.25, 0.3) is 0 Å². The van der Waals surface area contributed by atoms with E-state index in [9.17, 15) is 9.90 Å². The number of aliphatic hydroxyl groups excluding tert-OH is 1. The van der Waals surface area contributed by atoms with Crippen LogP contribution in [0.2, 0.25) is 0 Å². The van der Waals surface area contributed by atoms with Crippen molar-refractivity contribution in [2.24, 2.45) is 0 Å². The Balaban J connectivity index is 2.03. The van der Waals surface area contributed by atoms with Gasteiger partial charge >= 0.3 is 0 Å². The number of piperidine rings is 1. The molecule has 1 saturated heterocycles. The molecule has 2 rings (SSSR count). The van der Waals surface area contributed by atoms with Gasteiger partial charge in [0.25, 0.3) is 5.91 Å². The molecule has 0 radical (unpaired) electrons. The van der Waals surface area contributed by atoms with E-state index in [2.05, 4.69) is 15.2 Å². The van der Waals surface area contributed by atoms with Crippen LogP contribution in [-0.4, -0.2) is 50.3 Å². The minimum atomic E-state index is -0.280. The summed E-state index contributed by atoms with van der Waals surface area (Å²) in [5, 5.41) is 16.1. The van der Waals surface area contributed by atoms with Gasteiger partial charge in [-0.05, 0) is 12.8 Å². The van der Waals surface area contributed by atoms with Gasteiger partial charge in [-0.2, -0.15) is 0 Å². The van der Waals surface area contributed by atoms with Crippen LogP contribution in [0.15, 0.2) is 0 Å². The molecule has 1 aliphatic heterocycles. The van der Waals surface area contributed by atoms with Crippen molar-refractivity contribution in [1.82, 2.24) is 20.1 Å². The van der Waals surface area contributed by atoms with E-state index in [1.165, 1.54) is 0 Å². The second-order valence-corrected chi connectivity index (χ2v) is 4.72. The Hall–Kier alpha value is -1.43. The lowest BCUT2D eigenvalue weighted by Crippen LogP contribution is -2.40. The number of aromatic amines is 1. The number of aromatic nitrogens is 3. The second kappa shape index (κ2) is 4.83. The van der Waals surface area contributed by atoms with Crippen molar-refractivity contribution in [1.29, 1.82) is 0 Å². The van der Waals surface area contributed by atoms with Crippen LogP contribution in [0.4, 0.5) is 0 Å². The molecule has 1 aliphatic rings. The standard InChI is InChI=1S/C11H18N4O2/c1-7(2)9-12-10(14-13-9)11(17)15-5-3-8(16)4-6-15/h7-8,16H,3-6H2,1-2H3,(H,12,13,14). The summed E-state index contributed by atoms with van der Waals surface area (Å²) in [7, 11) is 0. The maximum atomic E-state index is 12.0. The number of carbonyl (C=O) groups is 1. The second-order valence-electron chi connectivity index (χ2n) is 4.72. The molecule has 0 aliphatic carbocycles. The van der Waals surface area contributed by atoms with Crippen LogP contribution in [0.5, 0.6) is 0 Å². The molecule has 94 valence electrons. The first-order valence-corrected chi connectivity index (χ1v) is 5.97. The SMILES string of the molecule is CC(C)c1nc(C(=O)N2CCC(O)CC2)n[nH]1. The first-order chi connectivity index (χ1) is 8.08. The molecule has 6 nitrogen and oxygen atoms in total. The van der Waals surface area contributed by atoms with Gasteiger partial charge in [-0.3, -0.25) is 9.89 Å². The Morgan fingerprint density at radius 3 is 2.65 bits per heavy atom. The zero-order valence-electron chi connectivity index (χ0n) is 10.2. The molecule has 0 spiro atoms. The number of hydrogen-bond acceptors (Lipinski definition) is 4. The van der Waals surface area contributed by atoms with Crippen molar-refractivity contribution in [3.63, 3.8) is 0 Å². The molecule has 0 atom stereocenters. The van der Waals surface area contributed by atoms with Gasteiger partial charge in [0, 0.05) is 19.0 Å². The summed E-state index contributed by atoms with van der Waals surface area (Å²) in [5.41, 5.74) is 0. The lowest BCUT2D eigenvalue weighted by molar-refractivity contribution is 0.0536. The summed E-state index contributed by atoms with van der Waals surface area (Å²) in [6, 6.07) is 0. The molecule has 1 fully saturated rings. The highest BCUT2D eigenvalue weighted by Crippen LogP contribution is 2.13. The van der Waals surface area contributed by atoms with Crippen LogP contribution in [0.3, 0.4) is 0 Å². The number of likely N-dealkylation sites (tertiary alicyclic amines) is 1. The predicted molar refractivity (Wildman–Crippen MR) is 61.6 cm³/mol. The van der Waals surface area contributed by atoms with Gasteiger partial charge in [0.1, 0.15) is 5.82 Å². The van der Waals surface area contributed by atoms with Crippen molar-refractivity contribution in [2.45, 2.75) is 38.7 Å². The predicted octanol–water partition coefficient (Wildman–Crippen LogP) is 0.525. The van der Waals surface area contributed by atoms with Crippen LogP contribution in [-0.2, 0) is 0 Å². The molecule has 0 aromatic carbocycles. The summed E-state index contributed by atoms with van der Waals surface area (Å²) in [4.78, 5) is 17.9. The van der Waals surface area contributed by atoms with Gasteiger partial charge in [0.2, 0.25) is 5.82 Å². The monoisotopic (exact) mass is 238 g/mol. The summed E-state index contributed by atoms with van der Waals surface area (Å²) in [5.74, 6) is 1.03. The lowest BCUT2D eigenvalue weighted by Gasteiger charge is -2.28. The largest absolute Gasteiger partial charge is 0.393 e. The van der Waals surface area contributed by atoms with E-state index in [0.717, 1.165) is 5.82 Å². The van der Waals surface area contributed by atoms with Gasteiger partial charge in [-0.15, -0.1) is 5.10 Å². The van der Waals surface area contributed by atoms with Gasteiger partial charge in [-0.25, -0.2) is 4.98 Å². The fourth-order valence-electron chi connectivity index (χ4n) is 1.84. The molecule has 1 aromatic rings. The highest BCUT2D eigenvalue weighted by atomic mass is 16.3. The summed E-state index contributed by atoms with van der Waals surface area (Å²) >= 11 is 0. The molecular weight excluding hydrogens is 220 g/mol. The first-order valence-electron chi connectivity index (χ1n) is 5.97. The molecule has 0 saturated carbocycles. The maximum absolute atomic E-state index is 12.0. The van der Waals surface area contributed by atoms with E-state index in [1.807, 2.05) is 13.8 Å². The first kappa shape index (κ1) is 12.0. The van der Waals surface area contributed by atoms with E-state index < -0.39 is 0 Å². The molecule has 2 heterocycles. The van der Waals surface area contributed by atoms with Gasteiger partial charge < -0.3 is 10.0 Å².